The molecule has 0 saturated heterocycles. The van der Waals surface area contributed by atoms with Crippen LogP contribution in [0.4, 0.5) is 5.69 Å². The number of hydrogen-bond acceptors (Lipinski definition) is 4. The van der Waals surface area contributed by atoms with Gasteiger partial charge in [0.2, 0.25) is 0 Å². The fourth-order valence-corrected chi connectivity index (χ4v) is 3.71. The average Bonchev–Trinajstić information content (AvgIpc) is 3.04. The Morgan fingerprint density at radius 1 is 1.09 bits per heavy atom. The second-order valence-corrected chi connectivity index (χ2v) is 8.59. The topological polar surface area (TPSA) is 83.6 Å². The van der Waals surface area contributed by atoms with Crippen LogP contribution < -0.4 is 10.6 Å². The van der Waals surface area contributed by atoms with E-state index in [0.717, 1.165) is 16.7 Å². The Balaban J connectivity index is 2.10. The van der Waals surface area contributed by atoms with Gasteiger partial charge in [0.05, 0.1) is 11.6 Å². The zero-order valence-corrected chi connectivity index (χ0v) is 18.6. The number of ketones is 1. The largest absolute Gasteiger partial charge is 0.503 e. The number of rotatable bonds is 6. The predicted octanol–water partition coefficient (Wildman–Crippen LogP) is 5.24. The molecular weight excluding hydrogens is 400 g/mol. The van der Waals surface area contributed by atoms with Crippen molar-refractivity contribution in [2.45, 2.75) is 26.8 Å². The third kappa shape index (κ3) is 4.28. The van der Waals surface area contributed by atoms with Crippen molar-refractivity contribution in [3.05, 3.63) is 108 Å². The number of nitrogens with zero attached hydrogens (tertiary/aromatic N) is 1. The second-order valence-electron chi connectivity index (χ2n) is 8.59. The van der Waals surface area contributed by atoms with Crippen LogP contribution in [0.25, 0.3) is 5.57 Å². The molecule has 5 heteroatoms. The molecule has 1 heterocycles. The number of carbonyl (C=O) groups excluding carboxylic acids is 2. The maximum Gasteiger partial charge on any atom is 0.294 e. The standard InChI is InChI=1S/C27H28N2O3/c1-5-18(12-9-17-28)19-13-15-21(16-14-19)29-23(20-10-7-6-8-11-20)22(24(30)26(29)32)25(31)27(2,3)4/h5-17,23,30H,1,28H2,2-4H3/b17-9-,18-12+. The van der Waals surface area contributed by atoms with Gasteiger partial charge >= 0.3 is 0 Å². The Kier molecular flexibility index (Phi) is 6.49. The first-order valence-electron chi connectivity index (χ1n) is 10.4. The highest BCUT2D eigenvalue weighted by Crippen LogP contribution is 2.43. The lowest BCUT2D eigenvalue weighted by molar-refractivity contribution is -0.123. The van der Waals surface area contributed by atoms with Crippen LogP contribution in [0.5, 0.6) is 0 Å². The summed E-state index contributed by atoms with van der Waals surface area (Å²) in [5, 5.41) is 10.8. The summed E-state index contributed by atoms with van der Waals surface area (Å²) in [5.41, 5.74) is 7.89. The highest BCUT2D eigenvalue weighted by molar-refractivity contribution is 6.17. The second kappa shape index (κ2) is 9.10. The summed E-state index contributed by atoms with van der Waals surface area (Å²) in [6, 6.07) is 15.9. The van der Waals surface area contributed by atoms with E-state index < -0.39 is 23.1 Å². The lowest BCUT2D eigenvalue weighted by Crippen LogP contribution is -2.32. The van der Waals surface area contributed by atoms with E-state index in [1.54, 1.807) is 45.1 Å². The van der Waals surface area contributed by atoms with Crippen molar-refractivity contribution in [3.63, 3.8) is 0 Å². The van der Waals surface area contributed by atoms with Crippen LogP contribution in [-0.2, 0) is 9.59 Å². The number of carbonyl (C=O) groups is 2. The minimum Gasteiger partial charge on any atom is -0.503 e. The van der Waals surface area contributed by atoms with Crippen molar-refractivity contribution < 1.29 is 14.7 Å². The smallest absolute Gasteiger partial charge is 0.294 e. The molecule has 5 nitrogen and oxygen atoms in total. The van der Waals surface area contributed by atoms with Gasteiger partial charge in [0.25, 0.3) is 5.91 Å². The molecule has 2 aromatic carbocycles. The number of aliphatic hydroxyl groups excluding tert-OH is 1. The first-order chi connectivity index (χ1) is 15.2. The Morgan fingerprint density at radius 3 is 2.25 bits per heavy atom. The summed E-state index contributed by atoms with van der Waals surface area (Å²) in [7, 11) is 0. The maximum absolute atomic E-state index is 13.2. The third-order valence-corrected chi connectivity index (χ3v) is 5.33. The summed E-state index contributed by atoms with van der Waals surface area (Å²) in [6.07, 6.45) is 6.71. The number of anilines is 1. The molecule has 0 aliphatic carbocycles. The average molecular weight is 429 g/mol. The van der Waals surface area contributed by atoms with Crippen molar-refractivity contribution in [2.24, 2.45) is 11.1 Å². The number of allylic oxidation sites excluding steroid dienone is 4. The summed E-state index contributed by atoms with van der Waals surface area (Å²) >= 11 is 0. The minimum atomic E-state index is -0.753. The molecule has 3 N–H and O–H groups in total. The van der Waals surface area contributed by atoms with Crippen LogP contribution in [0.3, 0.4) is 0 Å². The molecule has 0 saturated carbocycles. The summed E-state index contributed by atoms with van der Waals surface area (Å²) in [5.74, 6) is -1.35. The fraction of sp³-hybridized carbons (Fsp3) is 0.185. The Bertz CT molecular complexity index is 1120. The molecule has 0 spiro atoms. The summed E-state index contributed by atoms with van der Waals surface area (Å²) in [4.78, 5) is 27.9. The van der Waals surface area contributed by atoms with E-state index in [4.69, 9.17) is 5.73 Å². The Labute approximate surface area is 188 Å². The predicted molar refractivity (Wildman–Crippen MR) is 129 cm³/mol. The van der Waals surface area contributed by atoms with E-state index in [9.17, 15) is 14.7 Å². The van der Waals surface area contributed by atoms with Gasteiger partial charge in [-0.1, -0.05) is 82.0 Å². The van der Waals surface area contributed by atoms with E-state index in [2.05, 4.69) is 6.58 Å². The van der Waals surface area contributed by atoms with Gasteiger partial charge in [0.1, 0.15) is 0 Å². The van der Waals surface area contributed by atoms with E-state index in [-0.39, 0.29) is 11.4 Å². The molecule has 1 aliphatic rings. The van der Waals surface area contributed by atoms with Crippen molar-refractivity contribution in [1.29, 1.82) is 0 Å². The van der Waals surface area contributed by atoms with E-state index >= 15 is 0 Å². The van der Waals surface area contributed by atoms with Crippen molar-refractivity contribution in [1.82, 2.24) is 0 Å². The quantitative estimate of drug-likeness (QED) is 0.616. The molecule has 0 fully saturated rings. The van der Waals surface area contributed by atoms with Crippen LogP contribution in [0.1, 0.15) is 37.9 Å². The fourth-order valence-electron chi connectivity index (χ4n) is 3.71. The number of amides is 1. The third-order valence-electron chi connectivity index (χ3n) is 5.33. The van der Waals surface area contributed by atoms with E-state index in [1.807, 2.05) is 48.5 Å². The van der Waals surface area contributed by atoms with Gasteiger partial charge in [-0.15, -0.1) is 0 Å². The number of nitrogens with two attached hydrogens (primary N) is 1. The Hall–Kier alpha value is -3.86. The van der Waals surface area contributed by atoms with Gasteiger partial charge in [-0.2, -0.15) is 0 Å². The van der Waals surface area contributed by atoms with Crippen molar-refractivity contribution in [2.75, 3.05) is 4.90 Å². The molecule has 0 radical (unpaired) electrons. The molecule has 0 bridgehead atoms. The normalized spacial score (nSPS) is 17.3. The van der Waals surface area contributed by atoms with Crippen LogP contribution >= 0.6 is 0 Å². The van der Waals surface area contributed by atoms with Crippen molar-refractivity contribution >= 4 is 23.0 Å². The molecule has 0 aromatic heterocycles. The number of Topliss-reactive ketones (excluding diaryl/α,β-unsaturated/α-hetero) is 1. The summed E-state index contributed by atoms with van der Waals surface area (Å²) in [6.45, 7) is 9.16. The van der Waals surface area contributed by atoms with Gasteiger partial charge in [0.15, 0.2) is 11.5 Å². The first kappa shape index (κ1) is 22.8. The lowest BCUT2D eigenvalue weighted by Gasteiger charge is -2.29. The lowest BCUT2D eigenvalue weighted by atomic mass is 9.82. The number of benzene rings is 2. The van der Waals surface area contributed by atoms with Gasteiger partial charge < -0.3 is 10.8 Å². The molecule has 2 aromatic rings. The zero-order chi connectivity index (χ0) is 23.5. The SMILES string of the molecule is C=C/C(=C\C=C/N)c1ccc(N2C(=O)C(O)=C(C(=O)C(C)(C)C)C2c2ccccc2)cc1. The van der Waals surface area contributed by atoms with Gasteiger partial charge in [-0.25, -0.2) is 0 Å². The summed E-state index contributed by atoms with van der Waals surface area (Å²) < 4.78 is 0. The maximum atomic E-state index is 13.2. The molecule has 1 unspecified atom stereocenters. The van der Waals surface area contributed by atoms with Crippen molar-refractivity contribution in [3.8, 4) is 0 Å². The molecule has 164 valence electrons. The van der Waals surface area contributed by atoms with Crippen LogP contribution in [-0.4, -0.2) is 16.8 Å². The monoisotopic (exact) mass is 428 g/mol. The number of aliphatic hydroxyl groups is 1. The van der Waals surface area contributed by atoms with E-state index in [0.29, 0.717) is 5.69 Å². The molecule has 1 atom stereocenters. The van der Waals surface area contributed by atoms with Gasteiger partial charge in [-0.05, 0) is 41.1 Å². The van der Waals surface area contributed by atoms with Gasteiger partial charge in [0, 0.05) is 11.1 Å². The Morgan fingerprint density at radius 2 is 1.72 bits per heavy atom. The minimum absolute atomic E-state index is 0.123. The van der Waals surface area contributed by atoms with E-state index in [1.165, 1.54) is 11.1 Å². The highest BCUT2D eigenvalue weighted by Gasteiger charge is 2.46. The molecular formula is C27H28N2O3. The van der Waals surface area contributed by atoms with Gasteiger partial charge in [-0.3, -0.25) is 14.5 Å². The van der Waals surface area contributed by atoms with Crippen LogP contribution in [0.15, 0.2) is 96.9 Å². The number of hydrogen-bond donors (Lipinski definition) is 2. The van der Waals surface area contributed by atoms with Crippen LogP contribution in [0.2, 0.25) is 0 Å². The van der Waals surface area contributed by atoms with Crippen LogP contribution in [0, 0.1) is 5.41 Å². The first-order valence-corrected chi connectivity index (χ1v) is 10.4. The zero-order valence-electron chi connectivity index (χ0n) is 18.6. The molecule has 1 amide bonds. The molecule has 3 rings (SSSR count). The molecule has 1 aliphatic heterocycles. The highest BCUT2D eigenvalue weighted by atomic mass is 16.3. The molecule has 32 heavy (non-hydrogen) atoms.